The molecule has 0 saturated carbocycles. The largest absolute Gasteiger partial charge is 0.497 e. The van der Waals surface area contributed by atoms with E-state index in [4.69, 9.17) is 28.0 Å². The molecule has 2 N–H and O–H groups in total. The molecule has 5 atom stereocenters. The van der Waals surface area contributed by atoms with Crippen LogP contribution in [0.2, 0.25) is 0 Å². The lowest BCUT2D eigenvalue weighted by atomic mass is 10.0. The fourth-order valence-corrected chi connectivity index (χ4v) is 8.98. The van der Waals surface area contributed by atoms with Crippen molar-refractivity contribution in [3.05, 3.63) is 54.4 Å². The van der Waals surface area contributed by atoms with E-state index in [0.717, 1.165) is 5.56 Å². The number of hydrogen-bond acceptors (Lipinski definition) is 11. The molecule has 1 aromatic heterocycles. The van der Waals surface area contributed by atoms with Crippen molar-refractivity contribution in [1.82, 2.24) is 9.62 Å². The molecule has 0 aliphatic carbocycles. The van der Waals surface area contributed by atoms with Gasteiger partial charge >= 0.3 is 13.7 Å². The van der Waals surface area contributed by atoms with E-state index in [1.54, 1.807) is 55.1 Å². The van der Waals surface area contributed by atoms with E-state index in [1.165, 1.54) is 23.5 Å². The topological polar surface area (TPSA) is 163 Å². The summed E-state index contributed by atoms with van der Waals surface area (Å²) in [5.74, 6) is 0.377. The first kappa shape index (κ1) is 38.2. The first-order valence-corrected chi connectivity index (χ1v) is 19.4. The monoisotopic (exact) mass is 714 g/mol. The van der Waals surface area contributed by atoms with Crippen molar-refractivity contribution in [2.24, 2.45) is 11.8 Å². The lowest BCUT2D eigenvalue weighted by molar-refractivity contribution is -0.680. The summed E-state index contributed by atoms with van der Waals surface area (Å²) in [6, 6.07) is 8.63. The van der Waals surface area contributed by atoms with Crippen LogP contribution in [0.3, 0.4) is 0 Å². The number of carbonyl (C=O) groups excluding carboxylic acids is 1. The number of benzene rings is 1. The molecule has 1 aromatic carbocycles. The molecule has 0 unspecified atom stereocenters. The minimum atomic E-state index is -4.02. The van der Waals surface area contributed by atoms with Crippen molar-refractivity contribution < 1.29 is 55.4 Å². The van der Waals surface area contributed by atoms with Crippen LogP contribution in [0.5, 0.6) is 5.75 Å². The van der Waals surface area contributed by atoms with E-state index in [2.05, 4.69) is 5.32 Å². The Morgan fingerprint density at radius 1 is 1.08 bits per heavy atom. The number of methoxy groups -OCH3 is 1. The first-order chi connectivity index (χ1) is 22.9. The number of hydrogen-bond donors (Lipinski definition) is 2. The highest BCUT2D eigenvalue weighted by atomic mass is 32.2. The van der Waals surface area contributed by atoms with Gasteiger partial charge in [-0.25, -0.2) is 13.2 Å². The smallest absolute Gasteiger partial charge is 0.407 e. The van der Waals surface area contributed by atoms with Gasteiger partial charge in [0.15, 0.2) is 18.7 Å². The summed E-state index contributed by atoms with van der Waals surface area (Å²) in [6.45, 7) is 8.29. The zero-order valence-electron chi connectivity index (χ0n) is 28.2. The number of rotatable bonds is 18. The van der Waals surface area contributed by atoms with Gasteiger partial charge in [-0.2, -0.15) is 8.87 Å². The second kappa shape index (κ2) is 17.3. The molecule has 0 radical (unpaired) electrons. The maximum Gasteiger partial charge on any atom is 0.407 e. The van der Waals surface area contributed by atoms with Gasteiger partial charge < -0.3 is 38.4 Å². The summed E-state index contributed by atoms with van der Waals surface area (Å²) in [7, 11) is -5.88. The van der Waals surface area contributed by atoms with Crippen molar-refractivity contribution in [3.8, 4) is 5.75 Å². The van der Waals surface area contributed by atoms with E-state index < -0.39 is 48.3 Å². The van der Waals surface area contributed by atoms with Crippen LogP contribution in [0.15, 0.2) is 53.7 Å². The Balaban J connectivity index is 1.54. The predicted octanol–water partition coefficient (Wildman–Crippen LogP) is 3.31. The number of carbonyl (C=O) groups is 1. The Bertz CT molecular complexity index is 1470. The molecule has 2 fully saturated rings. The molecule has 3 heterocycles. The second-order valence-electron chi connectivity index (χ2n) is 12.2. The third kappa shape index (κ3) is 10.2. The van der Waals surface area contributed by atoms with E-state index >= 15 is 0 Å². The molecule has 2 aliphatic heterocycles. The third-order valence-electron chi connectivity index (χ3n) is 8.07. The average Bonchev–Trinajstić information content (AvgIpc) is 3.66. The Hall–Kier alpha value is -2.62. The van der Waals surface area contributed by atoms with Crippen LogP contribution < -0.4 is 14.6 Å². The number of ether oxygens (including phenoxy) is 4. The molecule has 48 heavy (non-hydrogen) atoms. The van der Waals surface area contributed by atoms with E-state index in [9.17, 15) is 22.9 Å². The van der Waals surface area contributed by atoms with Crippen LogP contribution in [-0.2, 0) is 50.6 Å². The minimum absolute atomic E-state index is 0.00824. The van der Waals surface area contributed by atoms with Gasteiger partial charge in [-0.15, -0.1) is 0 Å². The molecule has 1 amide bonds. The minimum Gasteiger partial charge on any atom is -0.497 e. The SMILES string of the molecule is CCOP(=O)(C[n+]1ccc(C[C@H](NC(=O)O[C@H]2CO[C@H]3OCC[C@H]32)[C@H](O)CN(CC(C)C)S(=O)(=O)c2ccc(OC)cc2)cc1)OCC. The van der Waals surface area contributed by atoms with Crippen molar-refractivity contribution in [3.63, 3.8) is 0 Å². The highest BCUT2D eigenvalue weighted by molar-refractivity contribution is 7.89. The van der Waals surface area contributed by atoms with Crippen LogP contribution in [0.1, 0.15) is 39.7 Å². The van der Waals surface area contributed by atoms with Crippen LogP contribution in [0.4, 0.5) is 4.79 Å². The predicted molar refractivity (Wildman–Crippen MR) is 175 cm³/mol. The Morgan fingerprint density at radius 2 is 1.75 bits per heavy atom. The number of aromatic nitrogens is 1. The summed E-state index contributed by atoms with van der Waals surface area (Å²) < 4.78 is 76.3. The van der Waals surface area contributed by atoms with Crippen LogP contribution in [0.25, 0.3) is 0 Å². The highest BCUT2D eigenvalue weighted by Gasteiger charge is 2.44. The molecule has 2 saturated heterocycles. The van der Waals surface area contributed by atoms with Crippen molar-refractivity contribution >= 4 is 23.7 Å². The van der Waals surface area contributed by atoms with E-state index in [-0.39, 0.29) is 62.3 Å². The summed E-state index contributed by atoms with van der Waals surface area (Å²) in [5, 5.41) is 14.4. The van der Waals surface area contributed by atoms with Gasteiger partial charge in [-0.05, 0) is 62.4 Å². The normalized spacial score (nSPS) is 20.9. The van der Waals surface area contributed by atoms with Gasteiger partial charge in [0.05, 0.1) is 56.5 Å². The molecule has 0 bridgehead atoms. The number of nitrogens with zero attached hydrogens (tertiary/aromatic N) is 2. The van der Waals surface area contributed by atoms with Gasteiger partial charge in [0.2, 0.25) is 16.3 Å². The Labute approximate surface area is 283 Å². The van der Waals surface area contributed by atoms with Gasteiger partial charge in [-0.1, -0.05) is 13.8 Å². The lowest BCUT2D eigenvalue weighted by Gasteiger charge is -2.31. The molecule has 4 rings (SSSR count). The summed E-state index contributed by atoms with van der Waals surface area (Å²) in [6.07, 6.45) is 1.26. The lowest BCUT2D eigenvalue weighted by Crippen LogP contribution is -2.51. The zero-order valence-corrected chi connectivity index (χ0v) is 29.9. The Morgan fingerprint density at radius 3 is 2.35 bits per heavy atom. The number of sulfonamides is 1. The van der Waals surface area contributed by atoms with Crippen LogP contribution in [-0.4, -0.2) is 95.1 Å². The van der Waals surface area contributed by atoms with Gasteiger partial charge in [0.1, 0.15) is 11.9 Å². The maximum absolute atomic E-state index is 13.8. The molecular formula is C32H49N3O11PS+. The Kier molecular flexibility index (Phi) is 13.8. The zero-order chi connectivity index (χ0) is 34.9. The molecular weight excluding hydrogens is 665 g/mol. The standard InChI is InChI=1S/C32H48N3O11PS/c1-6-44-47(38,45-7-2)22-34-15-12-24(13-16-34)18-28(33-32(37)46-30-21-43-31-27(30)14-17-42-31)29(36)20-35(19-23(3)4)48(39,40)26-10-8-25(41-5)9-11-26/h8-13,15-16,23,27-31,36H,6-7,14,17-22H2,1-5H3/p+1/t27-,28-,29+,30-,31+/m0/s1. The summed E-state index contributed by atoms with van der Waals surface area (Å²) >= 11 is 0. The average molecular weight is 715 g/mol. The van der Waals surface area contributed by atoms with Crippen molar-refractivity contribution in [2.75, 3.05) is 46.6 Å². The fraction of sp³-hybridized carbons (Fsp3) is 0.625. The second-order valence-corrected chi connectivity index (χ2v) is 16.1. The number of fused-ring (bicyclic) bond motifs is 1. The van der Waals surface area contributed by atoms with Gasteiger partial charge in [-0.3, -0.25) is 4.57 Å². The summed E-state index contributed by atoms with van der Waals surface area (Å²) in [5.41, 5.74) is 0.722. The van der Waals surface area contributed by atoms with Crippen molar-refractivity contribution in [2.45, 2.75) is 76.3 Å². The fourth-order valence-electron chi connectivity index (χ4n) is 5.75. The first-order valence-electron chi connectivity index (χ1n) is 16.3. The molecule has 14 nitrogen and oxygen atoms in total. The summed E-state index contributed by atoms with van der Waals surface area (Å²) in [4.78, 5) is 13.3. The van der Waals surface area contributed by atoms with E-state index in [0.29, 0.717) is 18.8 Å². The van der Waals surface area contributed by atoms with Gasteiger partial charge in [0, 0.05) is 25.2 Å². The van der Waals surface area contributed by atoms with Crippen LogP contribution in [0, 0.1) is 11.8 Å². The van der Waals surface area contributed by atoms with Crippen molar-refractivity contribution in [1.29, 1.82) is 0 Å². The third-order valence-corrected chi connectivity index (χ3v) is 11.9. The maximum atomic E-state index is 13.8. The number of amides is 1. The number of pyridine rings is 1. The molecule has 2 aliphatic rings. The van der Waals surface area contributed by atoms with Crippen LogP contribution >= 0.6 is 7.60 Å². The number of alkyl carbamates (subject to hydrolysis) is 1. The number of nitrogens with one attached hydrogen (secondary N) is 1. The number of aliphatic hydroxyl groups excluding tert-OH is 1. The number of aliphatic hydroxyl groups is 1. The molecule has 268 valence electrons. The molecule has 16 heteroatoms. The van der Waals surface area contributed by atoms with E-state index in [1.807, 2.05) is 13.8 Å². The van der Waals surface area contributed by atoms with Gasteiger partial charge in [0.25, 0.3) is 0 Å². The quantitative estimate of drug-likeness (QED) is 0.172. The molecule has 0 spiro atoms. The molecule has 2 aromatic rings. The highest BCUT2D eigenvalue weighted by Crippen LogP contribution is 2.48.